The molecule has 0 saturated carbocycles. The Balaban J connectivity index is 1.96. The van der Waals surface area contributed by atoms with Crippen molar-refractivity contribution in [2.24, 2.45) is 0 Å². The van der Waals surface area contributed by atoms with Gasteiger partial charge in [0.15, 0.2) is 5.76 Å². The van der Waals surface area contributed by atoms with Crippen molar-refractivity contribution in [3.05, 3.63) is 47.5 Å². The van der Waals surface area contributed by atoms with Crippen molar-refractivity contribution in [2.75, 3.05) is 6.61 Å². The van der Waals surface area contributed by atoms with E-state index in [2.05, 4.69) is 5.32 Å². The van der Waals surface area contributed by atoms with Gasteiger partial charge in [-0.05, 0) is 43.5 Å². The highest BCUT2D eigenvalue weighted by atomic mass is 19.1. The van der Waals surface area contributed by atoms with Crippen molar-refractivity contribution in [2.45, 2.75) is 31.9 Å². The third-order valence-corrected chi connectivity index (χ3v) is 3.20. The van der Waals surface area contributed by atoms with Gasteiger partial charge in [0.2, 0.25) is 0 Å². The van der Waals surface area contributed by atoms with Gasteiger partial charge >= 0.3 is 0 Å². The number of halogens is 1. The minimum Gasteiger partial charge on any atom is -0.488 e. The highest BCUT2D eigenvalue weighted by Gasteiger charge is 2.21. The largest absolute Gasteiger partial charge is 0.488 e. The number of allylic oxidation sites excluding steroid dienone is 1. The fourth-order valence-corrected chi connectivity index (χ4v) is 2.02. The standard InChI is InChI=1S/C15H18FNO3/c1-10(14(18)11-5-7-12(16)8-6-11)17-15(19)13-4-2-3-9-20-13/h4-8,10,14,18H,2-3,9H2,1H3,(H,17,19). The number of hydrogen-bond donors (Lipinski definition) is 2. The summed E-state index contributed by atoms with van der Waals surface area (Å²) in [5.74, 6) is -0.397. The summed E-state index contributed by atoms with van der Waals surface area (Å²) in [6, 6.07) is 5.05. The summed E-state index contributed by atoms with van der Waals surface area (Å²) in [6.07, 6.45) is 2.57. The van der Waals surface area contributed by atoms with E-state index in [9.17, 15) is 14.3 Å². The maximum Gasteiger partial charge on any atom is 0.286 e. The molecule has 0 radical (unpaired) electrons. The molecule has 1 aromatic carbocycles. The summed E-state index contributed by atoms with van der Waals surface area (Å²) in [5, 5.41) is 12.8. The summed E-state index contributed by atoms with van der Waals surface area (Å²) in [5.41, 5.74) is 0.553. The predicted octanol–water partition coefficient (Wildman–Crippen LogP) is 2.06. The molecular weight excluding hydrogens is 261 g/mol. The Morgan fingerprint density at radius 1 is 1.40 bits per heavy atom. The molecule has 1 aromatic rings. The van der Waals surface area contributed by atoms with E-state index in [1.54, 1.807) is 13.0 Å². The molecule has 2 unspecified atom stereocenters. The first kappa shape index (κ1) is 14.5. The summed E-state index contributed by atoms with van der Waals surface area (Å²) in [4.78, 5) is 11.9. The monoisotopic (exact) mass is 279 g/mol. The van der Waals surface area contributed by atoms with Crippen LogP contribution in [0.15, 0.2) is 36.1 Å². The molecule has 1 aliphatic heterocycles. The van der Waals surface area contributed by atoms with Crippen LogP contribution in [0.5, 0.6) is 0 Å². The van der Waals surface area contributed by atoms with Crippen molar-refractivity contribution >= 4 is 5.91 Å². The lowest BCUT2D eigenvalue weighted by molar-refractivity contribution is -0.122. The molecule has 2 N–H and O–H groups in total. The maximum absolute atomic E-state index is 12.8. The fraction of sp³-hybridized carbons (Fsp3) is 0.400. The predicted molar refractivity (Wildman–Crippen MR) is 72.2 cm³/mol. The van der Waals surface area contributed by atoms with E-state index in [0.717, 1.165) is 12.8 Å². The number of ether oxygens (including phenoxy) is 1. The molecular formula is C15H18FNO3. The van der Waals surface area contributed by atoms with E-state index in [-0.39, 0.29) is 11.7 Å². The van der Waals surface area contributed by atoms with Crippen LogP contribution in [0.25, 0.3) is 0 Å². The Morgan fingerprint density at radius 3 is 2.70 bits per heavy atom. The maximum atomic E-state index is 12.8. The van der Waals surface area contributed by atoms with Gasteiger partial charge in [-0.15, -0.1) is 0 Å². The topological polar surface area (TPSA) is 58.6 Å². The first-order valence-corrected chi connectivity index (χ1v) is 6.65. The summed E-state index contributed by atoms with van der Waals surface area (Å²) < 4.78 is 18.1. The number of aliphatic hydroxyl groups excluding tert-OH is 1. The summed E-state index contributed by atoms with van der Waals surface area (Å²) in [6.45, 7) is 2.23. The Morgan fingerprint density at radius 2 is 2.10 bits per heavy atom. The van der Waals surface area contributed by atoms with Gasteiger partial charge in [-0.3, -0.25) is 4.79 Å². The first-order valence-electron chi connectivity index (χ1n) is 6.65. The Bertz CT molecular complexity index is 498. The molecule has 0 bridgehead atoms. The molecule has 2 atom stereocenters. The van der Waals surface area contributed by atoms with Crippen LogP contribution in [0.3, 0.4) is 0 Å². The van der Waals surface area contributed by atoms with Crippen molar-refractivity contribution in [3.8, 4) is 0 Å². The number of aliphatic hydroxyl groups is 1. The van der Waals surface area contributed by atoms with Crippen LogP contribution in [-0.2, 0) is 9.53 Å². The van der Waals surface area contributed by atoms with Gasteiger partial charge in [0, 0.05) is 0 Å². The van der Waals surface area contributed by atoms with Gasteiger partial charge in [0.1, 0.15) is 5.82 Å². The number of hydrogen-bond acceptors (Lipinski definition) is 3. The number of amides is 1. The lowest BCUT2D eigenvalue weighted by Gasteiger charge is -2.22. The molecule has 0 aliphatic carbocycles. The van der Waals surface area contributed by atoms with Gasteiger partial charge < -0.3 is 15.2 Å². The van der Waals surface area contributed by atoms with Crippen molar-refractivity contribution < 1.29 is 19.0 Å². The lowest BCUT2D eigenvalue weighted by Crippen LogP contribution is -2.38. The highest BCUT2D eigenvalue weighted by Crippen LogP contribution is 2.18. The van der Waals surface area contributed by atoms with E-state index < -0.39 is 12.1 Å². The SMILES string of the molecule is CC(NC(=O)C1=CCCCO1)C(O)c1ccc(F)cc1. The lowest BCUT2D eigenvalue weighted by atomic mass is 10.0. The minimum absolute atomic E-state index is 0.300. The molecule has 0 fully saturated rings. The Hall–Kier alpha value is -1.88. The Kier molecular flexibility index (Phi) is 4.74. The normalized spacial score (nSPS) is 17.6. The van der Waals surface area contributed by atoms with Gasteiger partial charge in [-0.25, -0.2) is 4.39 Å². The molecule has 2 rings (SSSR count). The zero-order chi connectivity index (χ0) is 14.5. The average Bonchev–Trinajstić information content (AvgIpc) is 2.48. The first-order chi connectivity index (χ1) is 9.58. The molecule has 1 aliphatic rings. The molecule has 5 heteroatoms. The molecule has 20 heavy (non-hydrogen) atoms. The van der Waals surface area contributed by atoms with Gasteiger partial charge in [-0.1, -0.05) is 12.1 Å². The van der Waals surface area contributed by atoms with Crippen molar-refractivity contribution in [1.29, 1.82) is 0 Å². The second kappa shape index (κ2) is 6.52. The number of rotatable bonds is 4. The molecule has 0 saturated heterocycles. The van der Waals surface area contributed by atoms with E-state index in [0.29, 0.717) is 17.9 Å². The quantitative estimate of drug-likeness (QED) is 0.887. The second-order valence-electron chi connectivity index (χ2n) is 4.82. The summed E-state index contributed by atoms with van der Waals surface area (Å²) >= 11 is 0. The van der Waals surface area contributed by atoms with Crippen LogP contribution in [0.1, 0.15) is 31.4 Å². The van der Waals surface area contributed by atoms with Crippen LogP contribution >= 0.6 is 0 Å². The third kappa shape index (κ3) is 3.57. The number of benzene rings is 1. The number of carbonyl (C=O) groups is 1. The molecule has 0 spiro atoms. The van der Waals surface area contributed by atoms with E-state index in [1.807, 2.05) is 0 Å². The fourth-order valence-electron chi connectivity index (χ4n) is 2.02. The van der Waals surface area contributed by atoms with E-state index >= 15 is 0 Å². The zero-order valence-electron chi connectivity index (χ0n) is 11.3. The second-order valence-corrected chi connectivity index (χ2v) is 4.82. The van der Waals surface area contributed by atoms with E-state index in [1.165, 1.54) is 24.3 Å². The van der Waals surface area contributed by atoms with Crippen LogP contribution in [0.2, 0.25) is 0 Å². The Labute approximate surface area is 117 Å². The van der Waals surface area contributed by atoms with Crippen LogP contribution in [0.4, 0.5) is 4.39 Å². The molecule has 1 heterocycles. The highest BCUT2D eigenvalue weighted by molar-refractivity contribution is 5.91. The van der Waals surface area contributed by atoms with Crippen LogP contribution < -0.4 is 5.32 Å². The molecule has 108 valence electrons. The van der Waals surface area contributed by atoms with Gasteiger partial charge in [0.05, 0.1) is 18.8 Å². The van der Waals surface area contributed by atoms with Gasteiger partial charge in [0.25, 0.3) is 5.91 Å². The van der Waals surface area contributed by atoms with Crippen molar-refractivity contribution in [3.63, 3.8) is 0 Å². The summed E-state index contributed by atoms with van der Waals surface area (Å²) in [7, 11) is 0. The molecule has 1 amide bonds. The number of nitrogens with one attached hydrogen (secondary N) is 1. The molecule has 4 nitrogen and oxygen atoms in total. The van der Waals surface area contributed by atoms with Crippen LogP contribution in [-0.4, -0.2) is 23.7 Å². The zero-order valence-corrected chi connectivity index (χ0v) is 11.3. The number of carbonyl (C=O) groups excluding carboxylic acids is 1. The van der Waals surface area contributed by atoms with Crippen LogP contribution in [0, 0.1) is 5.82 Å². The minimum atomic E-state index is -0.899. The van der Waals surface area contributed by atoms with Gasteiger partial charge in [-0.2, -0.15) is 0 Å². The van der Waals surface area contributed by atoms with E-state index in [4.69, 9.17) is 4.74 Å². The smallest absolute Gasteiger partial charge is 0.286 e. The third-order valence-electron chi connectivity index (χ3n) is 3.20. The van der Waals surface area contributed by atoms with Crippen molar-refractivity contribution in [1.82, 2.24) is 5.32 Å². The average molecular weight is 279 g/mol. The molecule has 0 aromatic heterocycles.